The zero-order valence-corrected chi connectivity index (χ0v) is 16.3. The van der Waals surface area contributed by atoms with Crippen molar-refractivity contribution in [2.45, 2.75) is 36.6 Å². The second-order valence-electron chi connectivity index (χ2n) is 7.40. The average Bonchev–Trinajstić information content (AvgIpc) is 3.25. The summed E-state index contributed by atoms with van der Waals surface area (Å²) in [6.07, 6.45) is 4.74. The van der Waals surface area contributed by atoms with Gasteiger partial charge in [-0.3, -0.25) is 9.52 Å². The predicted octanol–water partition coefficient (Wildman–Crippen LogP) is 4.06. The Bertz CT molecular complexity index is 959. The molecule has 2 aliphatic carbocycles. The Morgan fingerprint density at radius 3 is 2.48 bits per heavy atom. The standard InChI is InChI=1S/C20H21ClN2O3S/c21-16-6-8-18(9-7-16)27(25,26)23-17-3-1-2-15(12-17)20(24)22-19-11-13-4-5-14(19)10-13/h1-3,6-9,12-14,19,23H,4-5,10-11H2,(H,22,24)/t13-,14+,19+/m0/s1. The van der Waals surface area contributed by atoms with Gasteiger partial charge in [0.25, 0.3) is 15.9 Å². The lowest BCUT2D eigenvalue weighted by atomic mass is 9.95. The molecular weight excluding hydrogens is 384 g/mol. The van der Waals surface area contributed by atoms with Gasteiger partial charge in [-0.25, -0.2) is 8.42 Å². The lowest BCUT2D eigenvalue weighted by molar-refractivity contribution is 0.0923. The minimum absolute atomic E-state index is 0.115. The molecule has 2 fully saturated rings. The number of hydrogen-bond donors (Lipinski definition) is 2. The minimum Gasteiger partial charge on any atom is -0.349 e. The summed E-state index contributed by atoms with van der Waals surface area (Å²) >= 11 is 5.81. The minimum atomic E-state index is -3.74. The molecule has 0 aliphatic heterocycles. The van der Waals surface area contributed by atoms with Crippen LogP contribution in [0.5, 0.6) is 0 Å². The number of carbonyl (C=O) groups excluding carboxylic acids is 1. The molecule has 2 bridgehead atoms. The van der Waals surface area contributed by atoms with Crippen LogP contribution in [0.1, 0.15) is 36.0 Å². The Balaban J connectivity index is 1.47. The highest BCUT2D eigenvalue weighted by Gasteiger charge is 2.40. The molecule has 2 aliphatic rings. The number of fused-ring (bicyclic) bond motifs is 2. The quantitative estimate of drug-likeness (QED) is 0.789. The van der Waals surface area contributed by atoms with Gasteiger partial charge in [0.1, 0.15) is 0 Å². The molecular formula is C20H21ClN2O3S. The van der Waals surface area contributed by atoms with E-state index < -0.39 is 10.0 Å². The Morgan fingerprint density at radius 2 is 1.81 bits per heavy atom. The van der Waals surface area contributed by atoms with Crippen molar-refractivity contribution >= 4 is 33.2 Å². The van der Waals surface area contributed by atoms with Gasteiger partial charge in [-0.05, 0) is 73.6 Å². The number of carbonyl (C=O) groups is 1. The summed E-state index contributed by atoms with van der Waals surface area (Å²) < 4.78 is 27.5. The normalized spacial score (nSPS) is 24.0. The Kier molecular flexibility index (Phi) is 4.86. The van der Waals surface area contributed by atoms with Crippen molar-refractivity contribution in [3.63, 3.8) is 0 Å². The van der Waals surface area contributed by atoms with Crippen molar-refractivity contribution in [3.05, 3.63) is 59.1 Å². The molecule has 2 N–H and O–H groups in total. The fraction of sp³-hybridized carbons (Fsp3) is 0.350. The summed E-state index contributed by atoms with van der Waals surface area (Å²) in [4.78, 5) is 12.7. The van der Waals surface area contributed by atoms with Crippen molar-refractivity contribution in [2.24, 2.45) is 11.8 Å². The number of rotatable bonds is 5. The molecule has 2 aromatic carbocycles. The van der Waals surface area contributed by atoms with Crippen LogP contribution in [-0.4, -0.2) is 20.4 Å². The topological polar surface area (TPSA) is 75.3 Å². The van der Waals surface area contributed by atoms with Crippen molar-refractivity contribution in [1.29, 1.82) is 0 Å². The number of amides is 1. The lowest BCUT2D eigenvalue weighted by Gasteiger charge is -2.23. The summed E-state index contributed by atoms with van der Waals surface area (Å²) in [6.45, 7) is 0. The highest BCUT2D eigenvalue weighted by molar-refractivity contribution is 7.92. The van der Waals surface area contributed by atoms with Crippen molar-refractivity contribution in [1.82, 2.24) is 5.32 Å². The maximum absolute atomic E-state index is 12.6. The molecule has 3 atom stereocenters. The van der Waals surface area contributed by atoms with Gasteiger partial charge in [-0.2, -0.15) is 0 Å². The number of anilines is 1. The van der Waals surface area contributed by atoms with E-state index in [1.807, 2.05) is 0 Å². The number of hydrogen-bond acceptors (Lipinski definition) is 3. The molecule has 0 spiro atoms. The molecule has 0 saturated heterocycles. The van der Waals surface area contributed by atoms with Crippen molar-refractivity contribution < 1.29 is 13.2 Å². The van der Waals surface area contributed by atoms with Crippen LogP contribution >= 0.6 is 11.6 Å². The van der Waals surface area contributed by atoms with E-state index in [-0.39, 0.29) is 16.8 Å². The van der Waals surface area contributed by atoms with E-state index in [4.69, 9.17) is 11.6 Å². The summed E-state index contributed by atoms with van der Waals surface area (Å²) in [7, 11) is -3.74. The Morgan fingerprint density at radius 1 is 1.04 bits per heavy atom. The van der Waals surface area contributed by atoms with Gasteiger partial charge in [0.05, 0.1) is 4.90 Å². The van der Waals surface area contributed by atoms with E-state index in [2.05, 4.69) is 10.0 Å². The second kappa shape index (κ2) is 7.17. The van der Waals surface area contributed by atoms with Crippen LogP contribution in [0.4, 0.5) is 5.69 Å². The summed E-state index contributed by atoms with van der Waals surface area (Å²) in [5.74, 6) is 1.18. The maximum atomic E-state index is 12.6. The molecule has 0 aromatic heterocycles. The average molecular weight is 405 g/mol. The predicted molar refractivity (Wildman–Crippen MR) is 105 cm³/mol. The van der Waals surface area contributed by atoms with E-state index in [9.17, 15) is 13.2 Å². The van der Waals surface area contributed by atoms with Crippen LogP contribution in [-0.2, 0) is 10.0 Å². The molecule has 27 heavy (non-hydrogen) atoms. The first-order valence-corrected chi connectivity index (χ1v) is 11.0. The SMILES string of the molecule is O=C(N[C@@H]1C[C@H]2CC[C@@H]1C2)c1cccc(NS(=O)(=O)c2ccc(Cl)cc2)c1. The highest BCUT2D eigenvalue weighted by atomic mass is 35.5. The van der Waals surface area contributed by atoms with E-state index >= 15 is 0 Å². The third-order valence-electron chi connectivity index (χ3n) is 5.56. The number of halogens is 1. The van der Waals surface area contributed by atoms with Gasteiger partial charge < -0.3 is 5.32 Å². The Labute approximate surface area is 164 Å². The van der Waals surface area contributed by atoms with E-state index in [1.165, 1.54) is 43.5 Å². The van der Waals surface area contributed by atoms with E-state index in [0.29, 0.717) is 22.2 Å². The fourth-order valence-electron chi connectivity index (χ4n) is 4.22. The number of sulfonamides is 1. The van der Waals surface area contributed by atoms with Gasteiger partial charge in [-0.1, -0.05) is 24.1 Å². The van der Waals surface area contributed by atoms with Gasteiger partial charge in [0, 0.05) is 22.3 Å². The van der Waals surface area contributed by atoms with Crippen LogP contribution in [0.3, 0.4) is 0 Å². The molecule has 2 aromatic rings. The molecule has 0 radical (unpaired) electrons. The third-order valence-corrected chi connectivity index (χ3v) is 7.20. The zero-order valence-electron chi connectivity index (χ0n) is 14.7. The van der Waals surface area contributed by atoms with Crippen LogP contribution in [0.2, 0.25) is 5.02 Å². The van der Waals surface area contributed by atoms with E-state index in [0.717, 1.165) is 12.3 Å². The van der Waals surface area contributed by atoms with Gasteiger partial charge in [-0.15, -0.1) is 0 Å². The smallest absolute Gasteiger partial charge is 0.261 e. The first kappa shape index (κ1) is 18.3. The molecule has 2 saturated carbocycles. The molecule has 142 valence electrons. The van der Waals surface area contributed by atoms with E-state index in [1.54, 1.807) is 24.3 Å². The molecule has 0 heterocycles. The number of benzene rings is 2. The highest BCUT2D eigenvalue weighted by Crippen LogP contribution is 2.44. The monoisotopic (exact) mass is 404 g/mol. The van der Waals surface area contributed by atoms with Gasteiger partial charge in [0.15, 0.2) is 0 Å². The third kappa shape index (κ3) is 3.96. The summed E-state index contributed by atoms with van der Waals surface area (Å²) in [6, 6.07) is 12.7. The van der Waals surface area contributed by atoms with Crippen LogP contribution < -0.4 is 10.0 Å². The molecule has 7 heteroatoms. The van der Waals surface area contributed by atoms with Crippen molar-refractivity contribution in [3.8, 4) is 0 Å². The van der Waals surface area contributed by atoms with Crippen LogP contribution in [0.15, 0.2) is 53.4 Å². The maximum Gasteiger partial charge on any atom is 0.261 e. The Hall–Kier alpha value is -2.05. The summed E-state index contributed by atoms with van der Waals surface area (Å²) in [5, 5.41) is 3.59. The molecule has 4 rings (SSSR count). The number of nitrogens with one attached hydrogen (secondary N) is 2. The van der Waals surface area contributed by atoms with Crippen molar-refractivity contribution in [2.75, 3.05) is 4.72 Å². The zero-order chi connectivity index (χ0) is 19.0. The lowest BCUT2D eigenvalue weighted by Crippen LogP contribution is -2.38. The first-order chi connectivity index (χ1) is 12.9. The van der Waals surface area contributed by atoms with Gasteiger partial charge in [0.2, 0.25) is 0 Å². The van der Waals surface area contributed by atoms with Gasteiger partial charge >= 0.3 is 0 Å². The molecule has 0 unspecified atom stereocenters. The first-order valence-electron chi connectivity index (χ1n) is 9.10. The molecule has 1 amide bonds. The van der Waals surface area contributed by atoms with Crippen LogP contribution in [0, 0.1) is 11.8 Å². The largest absolute Gasteiger partial charge is 0.349 e. The summed E-state index contributed by atoms with van der Waals surface area (Å²) in [5.41, 5.74) is 0.805. The molecule has 5 nitrogen and oxygen atoms in total. The van der Waals surface area contributed by atoms with Crippen LogP contribution in [0.25, 0.3) is 0 Å². The fourth-order valence-corrected chi connectivity index (χ4v) is 5.40. The second-order valence-corrected chi connectivity index (χ2v) is 9.51.